The maximum absolute atomic E-state index is 12.6. The number of aromatic nitrogens is 3. The maximum Gasteiger partial charge on any atom is 0.233 e. The van der Waals surface area contributed by atoms with Crippen molar-refractivity contribution in [2.75, 3.05) is 19.9 Å². The van der Waals surface area contributed by atoms with Crippen LogP contribution in [-0.2, 0) is 17.9 Å². The SMILES string of the molecule is COc1ccc(-c2nnc(SCC(=O)N(C)Cc3cccs3)n2Cc2ccco2)cc1. The van der Waals surface area contributed by atoms with Crippen LogP contribution in [-0.4, -0.2) is 45.5 Å². The third-order valence-corrected chi connectivity index (χ3v) is 6.50. The van der Waals surface area contributed by atoms with Crippen molar-refractivity contribution in [2.24, 2.45) is 0 Å². The smallest absolute Gasteiger partial charge is 0.233 e. The van der Waals surface area contributed by atoms with Gasteiger partial charge in [0.25, 0.3) is 0 Å². The van der Waals surface area contributed by atoms with E-state index in [9.17, 15) is 4.79 Å². The molecule has 0 aliphatic rings. The summed E-state index contributed by atoms with van der Waals surface area (Å²) in [7, 11) is 3.45. The molecule has 0 spiro atoms. The second-order valence-corrected chi connectivity index (χ2v) is 8.79. The van der Waals surface area contributed by atoms with Gasteiger partial charge in [0.1, 0.15) is 11.5 Å². The van der Waals surface area contributed by atoms with Crippen molar-refractivity contribution in [1.82, 2.24) is 19.7 Å². The van der Waals surface area contributed by atoms with E-state index in [4.69, 9.17) is 9.15 Å². The lowest BCUT2D eigenvalue weighted by molar-refractivity contribution is -0.127. The van der Waals surface area contributed by atoms with Crippen LogP contribution in [0.2, 0.25) is 0 Å². The molecule has 0 saturated heterocycles. The van der Waals surface area contributed by atoms with Crippen molar-refractivity contribution in [1.29, 1.82) is 0 Å². The van der Waals surface area contributed by atoms with E-state index >= 15 is 0 Å². The monoisotopic (exact) mass is 454 g/mol. The largest absolute Gasteiger partial charge is 0.497 e. The van der Waals surface area contributed by atoms with Crippen molar-refractivity contribution >= 4 is 29.0 Å². The molecule has 3 aromatic heterocycles. The van der Waals surface area contributed by atoms with Gasteiger partial charge in [-0.2, -0.15) is 0 Å². The lowest BCUT2D eigenvalue weighted by atomic mass is 10.2. The molecule has 160 valence electrons. The van der Waals surface area contributed by atoms with Crippen molar-refractivity contribution in [3.05, 3.63) is 70.8 Å². The zero-order valence-corrected chi connectivity index (χ0v) is 18.9. The maximum atomic E-state index is 12.6. The minimum atomic E-state index is 0.0388. The lowest BCUT2D eigenvalue weighted by Crippen LogP contribution is -2.27. The zero-order valence-electron chi connectivity index (χ0n) is 17.2. The number of nitrogens with zero attached hydrogens (tertiary/aromatic N) is 4. The van der Waals surface area contributed by atoms with Gasteiger partial charge in [-0.15, -0.1) is 21.5 Å². The number of rotatable bonds is 9. The molecule has 0 saturated carbocycles. The number of methoxy groups -OCH3 is 1. The summed E-state index contributed by atoms with van der Waals surface area (Å²) in [6.07, 6.45) is 1.64. The van der Waals surface area contributed by atoms with Crippen LogP contribution in [0.4, 0.5) is 0 Å². The molecule has 31 heavy (non-hydrogen) atoms. The quantitative estimate of drug-likeness (QED) is 0.349. The minimum Gasteiger partial charge on any atom is -0.497 e. The Labute approximate surface area is 188 Å². The van der Waals surface area contributed by atoms with Crippen LogP contribution in [0, 0.1) is 0 Å². The number of furan rings is 1. The summed E-state index contributed by atoms with van der Waals surface area (Å²) in [5.74, 6) is 2.59. The van der Waals surface area contributed by atoms with Crippen molar-refractivity contribution in [3.8, 4) is 17.1 Å². The first-order valence-electron chi connectivity index (χ1n) is 9.63. The molecule has 9 heteroatoms. The number of thiophene rings is 1. The molecule has 0 aliphatic carbocycles. The first kappa shape index (κ1) is 21.2. The van der Waals surface area contributed by atoms with E-state index in [1.807, 2.05) is 65.5 Å². The van der Waals surface area contributed by atoms with Crippen LogP contribution in [0.1, 0.15) is 10.6 Å². The van der Waals surface area contributed by atoms with Gasteiger partial charge in [0, 0.05) is 17.5 Å². The van der Waals surface area contributed by atoms with Crippen LogP contribution in [0.25, 0.3) is 11.4 Å². The molecule has 0 bridgehead atoms. The topological polar surface area (TPSA) is 73.4 Å². The van der Waals surface area contributed by atoms with Gasteiger partial charge >= 0.3 is 0 Å². The highest BCUT2D eigenvalue weighted by molar-refractivity contribution is 7.99. The average molecular weight is 455 g/mol. The predicted octanol–water partition coefficient (Wildman–Crippen LogP) is 4.41. The van der Waals surface area contributed by atoms with Crippen LogP contribution >= 0.6 is 23.1 Å². The first-order chi connectivity index (χ1) is 15.1. The highest BCUT2D eigenvalue weighted by Crippen LogP contribution is 2.27. The van der Waals surface area contributed by atoms with Crippen molar-refractivity contribution < 1.29 is 13.9 Å². The lowest BCUT2D eigenvalue weighted by Gasteiger charge is -2.16. The molecule has 4 aromatic rings. The molecule has 1 aromatic carbocycles. The van der Waals surface area contributed by atoms with E-state index < -0.39 is 0 Å². The summed E-state index contributed by atoms with van der Waals surface area (Å²) < 4.78 is 12.7. The number of carbonyl (C=O) groups excluding carboxylic acids is 1. The van der Waals surface area contributed by atoms with E-state index in [0.717, 1.165) is 22.0 Å². The number of carbonyl (C=O) groups is 1. The molecule has 0 aliphatic heterocycles. The van der Waals surface area contributed by atoms with Gasteiger partial charge < -0.3 is 14.1 Å². The molecular formula is C22H22N4O3S2. The third-order valence-electron chi connectivity index (χ3n) is 4.68. The van der Waals surface area contributed by atoms with E-state index in [-0.39, 0.29) is 11.7 Å². The van der Waals surface area contributed by atoms with Crippen LogP contribution in [0.3, 0.4) is 0 Å². The Kier molecular flexibility index (Phi) is 6.73. The Hall–Kier alpha value is -3.04. The Morgan fingerprint density at radius 2 is 2.03 bits per heavy atom. The Morgan fingerprint density at radius 1 is 1.19 bits per heavy atom. The fourth-order valence-corrected chi connectivity index (χ4v) is 4.65. The van der Waals surface area contributed by atoms with Crippen molar-refractivity contribution in [3.63, 3.8) is 0 Å². The summed E-state index contributed by atoms with van der Waals surface area (Å²) in [6, 6.07) is 15.4. The molecule has 0 N–H and O–H groups in total. The molecule has 3 heterocycles. The summed E-state index contributed by atoms with van der Waals surface area (Å²) in [4.78, 5) is 15.5. The van der Waals surface area contributed by atoms with E-state index in [2.05, 4.69) is 10.2 Å². The number of amides is 1. The first-order valence-corrected chi connectivity index (χ1v) is 11.5. The van der Waals surface area contributed by atoms with Crippen LogP contribution < -0.4 is 4.74 Å². The molecule has 0 unspecified atom stereocenters. The summed E-state index contributed by atoms with van der Waals surface area (Å²) in [6.45, 7) is 1.08. The second kappa shape index (κ2) is 9.84. The number of hydrogen-bond donors (Lipinski definition) is 0. The van der Waals surface area contributed by atoms with Gasteiger partial charge in [0.05, 0.1) is 32.2 Å². The van der Waals surface area contributed by atoms with Gasteiger partial charge in [-0.25, -0.2) is 0 Å². The van der Waals surface area contributed by atoms with Crippen LogP contribution in [0.5, 0.6) is 5.75 Å². The Bertz CT molecular complexity index is 1110. The molecule has 7 nitrogen and oxygen atoms in total. The molecular weight excluding hydrogens is 432 g/mol. The third kappa shape index (κ3) is 5.18. The van der Waals surface area contributed by atoms with Gasteiger partial charge in [-0.1, -0.05) is 17.8 Å². The molecule has 0 atom stereocenters. The molecule has 0 radical (unpaired) electrons. The van der Waals surface area contributed by atoms with Gasteiger partial charge in [0.15, 0.2) is 11.0 Å². The number of thioether (sulfide) groups is 1. The summed E-state index contributed by atoms with van der Waals surface area (Å²) >= 11 is 3.02. The number of hydrogen-bond acceptors (Lipinski definition) is 7. The van der Waals surface area contributed by atoms with E-state index in [1.165, 1.54) is 11.8 Å². The van der Waals surface area contributed by atoms with E-state index in [1.54, 1.807) is 29.6 Å². The molecule has 0 fully saturated rings. The Morgan fingerprint density at radius 3 is 2.71 bits per heavy atom. The fraction of sp³-hybridized carbons (Fsp3) is 0.227. The predicted molar refractivity (Wildman–Crippen MR) is 121 cm³/mol. The van der Waals surface area contributed by atoms with Gasteiger partial charge in [-0.05, 0) is 47.8 Å². The number of ether oxygens (including phenoxy) is 1. The molecule has 1 amide bonds. The highest BCUT2D eigenvalue weighted by Gasteiger charge is 2.18. The fourth-order valence-electron chi connectivity index (χ4n) is 3.01. The standard InChI is InChI=1S/C22H22N4O3S2/c1-25(14-19-6-4-12-30-19)20(27)15-31-22-24-23-21(16-7-9-17(28-2)10-8-16)26(22)13-18-5-3-11-29-18/h3-12H,13-15H2,1-2H3. The average Bonchev–Trinajstić information content (AvgIpc) is 3.55. The van der Waals surface area contributed by atoms with Crippen LogP contribution in [0.15, 0.2) is 69.7 Å². The number of benzene rings is 1. The highest BCUT2D eigenvalue weighted by atomic mass is 32.2. The van der Waals surface area contributed by atoms with Gasteiger partial charge in [0.2, 0.25) is 5.91 Å². The Balaban J connectivity index is 1.52. The normalized spacial score (nSPS) is 10.9. The summed E-state index contributed by atoms with van der Waals surface area (Å²) in [5.41, 5.74) is 0.910. The summed E-state index contributed by atoms with van der Waals surface area (Å²) in [5, 5.41) is 11.4. The van der Waals surface area contributed by atoms with Gasteiger partial charge in [-0.3, -0.25) is 9.36 Å². The molecule has 4 rings (SSSR count). The van der Waals surface area contributed by atoms with Crippen molar-refractivity contribution in [2.45, 2.75) is 18.2 Å². The minimum absolute atomic E-state index is 0.0388. The van der Waals surface area contributed by atoms with E-state index in [0.29, 0.717) is 24.1 Å². The second-order valence-electron chi connectivity index (χ2n) is 6.82. The zero-order chi connectivity index (χ0) is 21.6.